The van der Waals surface area contributed by atoms with Crippen LogP contribution < -0.4 is 24.8 Å². The Balaban J connectivity index is 1.68. The van der Waals surface area contributed by atoms with Gasteiger partial charge in [-0.25, -0.2) is 8.42 Å². The molecule has 0 unspecified atom stereocenters. The molecule has 162 valence electrons. The smallest absolute Gasteiger partial charge is 0.261 e. The van der Waals surface area contributed by atoms with Crippen molar-refractivity contribution in [3.05, 3.63) is 72.3 Å². The van der Waals surface area contributed by atoms with Crippen molar-refractivity contribution in [2.24, 2.45) is 0 Å². The van der Waals surface area contributed by atoms with Crippen LogP contribution in [0.3, 0.4) is 0 Å². The Morgan fingerprint density at radius 1 is 0.871 bits per heavy atom. The van der Waals surface area contributed by atoms with Gasteiger partial charge in [-0.2, -0.15) is 0 Å². The molecule has 31 heavy (non-hydrogen) atoms. The summed E-state index contributed by atoms with van der Waals surface area (Å²) in [5, 5.41) is 6.41. The second-order valence-electron chi connectivity index (χ2n) is 6.59. The highest BCUT2D eigenvalue weighted by molar-refractivity contribution is 7.92. The van der Waals surface area contributed by atoms with Gasteiger partial charge in [-0.15, -0.1) is 0 Å². The first-order valence-corrected chi connectivity index (χ1v) is 11.2. The highest BCUT2D eigenvalue weighted by Crippen LogP contribution is 2.29. The van der Waals surface area contributed by atoms with Crippen LogP contribution in [0.5, 0.6) is 11.5 Å². The number of rotatable bonds is 7. The summed E-state index contributed by atoms with van der Waals surface area (Å²) < 4.78 is 38.5. The van der Waals surface area contributed by atoms with Crippen molar-refractivity contribution >= 4 is 44.4 Å². The summed E-state index contributed by atoms with van der Waals surface area (Å²) in [6.07, 6.45) is 0. The van der Waals surface area contributed by atoms with E-state index >= 15 is 0 Å². The molecule has 0 saturated carbocycles. The molecule has 3 N–H and O–H groups in total. The van der Waals surface area contributed by atoms with E-state index in [1.54, 1.807) is 56.7 Å². The van der Waals surface area contributed by atoms with E-state index in [9.17, 15) is 8.42 Å². The summed E-state index contributed by atoms with van der Waals surface area (Å²) in [5.41, 5.74) is 2.69. The van der Waals surface area contributed by atoms with Crippen LogP contribution >= 0.6 is 12.2 Å². The number of nitrogens with one attached hydrogen (secondary N) is 3. The van der Waals surface area contributed by atoms with Crippen molar-refractivity contribution < 1.29 is 17.9 Å². The van der Waals surface area contributed by atoms with Gasteiger partial charge in [0.25, 0.3) is 10.0 Å². The lowest BCUT2D eigenvalue weighted by atomic mass is 10.2. The molecule has 0 aliphatic heterocycles. The molecule has 0 saturated heterocycles. The van der Waals surface area contributed by atoms with E-state index in [-0.39, 0.29) is 4.90 Å². The molecule has 0 atom stereocenters. The molecular weight excluding hydrogens is 434 g/mol. The van der Waals surface area contributed by atoms with Gasteiger partial charge in [-0.05, 0) is 67.2 Å². The second-order valence-corrected chi connectivity index (χ2v) is 8.68. The summed E-state index contributed by atoms with van der Waals surface area (Å²) in [5.74, 6) is 1.24. The first-order chi connectivity index (χ1) is 14.8. The van der Waals surface area contributed by atoms with E-state index in [4.69, 9.17) is 21.7 Å². The summed E-state index contributed by atoms with van der Waals surface area (Å²) >= 11 is 5.35. The minimum Gasteiger partial charge on any atom is -0.497 e. The summed E-state index contributed by atoms with van der Waals surface area (Å²) in [7, 11) is -0.566. The van der Waals surface area contributed by atoms with E-state index in [1.807, 2.05) is 19.1 Å². The third kappa shape index (κ3) is 5.65. The van der Waals surface area contributed by atoms with Crippen LogP contribution in [0.2, 0.25) is 0 Å². The number of methoxy groups -OCH3 is 2. The third-order valence-electron chi connectivity index (χ3n) is 4.47. The second kappa shape index (κ2) is 9.67. The molecule has 9 heteroatoms. The first kappa shape index (κ1) is 22.4. The quantitative estimate of drug-likeness (QED) is 0.446. The normalized spacial score (nSPS) is 10.8. The van der Waals surface area contributed by atoms with Gasteiger partial charge in [0.2, 0.25) is 0 Å². The topological polar surface area (TPSA) is 88.7 Å². The predicted molar refractivity (Wildman–Crippen MR) is 128 cm³/mol. The highest BCUT2D eigenvalue weighted by Gasteiger charge is 2.15. The van der Waals surface area contributed by atoms with Gasteiger partial charge >= 0.3 is 0 Å². The van der Waals surface area contributed by atoms with E-state index in [1.165, 1.54) is 12.1 Å². The van der Waals surface area contributed by atoms with Gasteiger partial charge in [-0.1, -0.05) is 18.2 Å². The number of hydrogen-bond acceptors (Lipinski definition) is 5. The molecule has 3 rings (SSSR count). The van der Waals surface area contributed by atoms with Crippen molar-refractivity contribution in [3.8, 4) is 11.5 Å². The molecule has 0 heterocycles. The monoisotopic (exact) mass is 457 g/mol. The van der Waals surface area contributed by atoms with Gasteiger partial charge in [0.15, 0.2) is 5.11 Å². The van der Waals surface area contributed by atoms with Crippen LogP contribution in [0.25, 0.3) is 0 Å². The molecule has 3 aromatic carbocycles. The zero-order valence-electron chi connectivity index (χ0n) is 17.3. The molecule has 0 radical (unpaired) electrons. The predicted octanol–water partition coefficient (Wildman–Crippen LogP) is 4.62. The molecule has 0 bridgehead atoms. The van der Waals surface area contributed by atoms with Crippen LogP contribution in [0.15, 0.2) is 71.6 Å². The van der Waals surface area contributed by atoms with Gasteiger partial charge in [-0.3, -0.25) is 4.72 Å². The van der Waals surface area contributed by atoms with Crippen LogP contribution in [-0.2, 0) is 10.0 Å². The summed E-state index contributed by atoms with van der Waals surface area (Å²) in [4.78, 5) is 0.150. The average molecular weight is 458 g/mol. The Morgan fingerprint density at radius 3 is 2.23 bits per heavy atom. The van der Waals surface area contributed by atoms with Gasteiger partial charge in [0.05, 0.1) is 30.5 Å². The van der Waals surface area contributed by atoms with E-state index in [2.05, 4.69) is 15.4 Å². The van der Waals surface area contributed by atoms with E-state index < -0.39 is 10.0 Å². The minimum absolute atomic E-state index is 0.150. The highest BCUT2D eigenvalue weighted by atomic mass is 32.2. The Hall–Kier alpha value is -3.30. The zero-order chi connectivity index (χ0) is 22.4. The minimum atomic E-state index is -3.70. The number of benzene rings is 3. The van der Waals surface area contributed by atoms with Crippen molar-refractivity contribution in [2.45, 2.75) is 11.8 Å². The zero-order valence-corrected chi connectivity index (χ0v) is 18.9. The van der Waals surface area contributed by atoms with Crippen molar-refractivity contribution in [3.63, 3.8) is 0 Å². The van der Waals surface area contributed by atoms with Crippen molar-refractivity contribution in [2.75, 3.05) is 29.6 Å². The average Bonchev–Trinajstić information content (AvgIpc) is 2.76. The molecule has 0 spiro atoms. The Morgan fingerprint density at radius 2 is 1.58 bits per heavy atom. The SMILES string of the molecule is COc1ccc(NC(=S)Nc2ccc(S(=O)(=O)Nc3ccccc3C)cc2)c(OC)c1. The number of ether oxygens (including phenoxy) is 2. The fraction of sp³-hybridized carbons (Fsp3) is 0.136. The van der Waals surface area contributed by atoms with Crippen LogP contribution in [0.1, 0.15) is 5.56 Å². The fourth-order valence-corrected chi connectivity index (χ4v) is 4.15. The standard InChI is InChI=1S/C22H23N3O4S2/c1-15-6-4-5-7-19(15)25-31(26,27)18-11-8-16(9-12-18)23-22(30)24-20-13-10-17(28-2)14-21(20)29-3/h4-14,25H,1-3H3,(H2,23,24,30). The van der Waals surface area contributed by atoms with Gasteiger partial charge < -0.3 is 20.1 Å². The van der Waals surface area contributed by atoms with E-state index in [0.717, 1.165) is 5.56 Å². The maximum absolute atomic E-state index is 12.7. The van der Waals surface area contributed by atoms with Crippen LogP contribution in [0, 0.1) is 6.92 Å². The molecule has 3 aromatic rings. The van der Waals surface area contributed by atoms with Crippen LogP contribution in [0.4, 0.5) is 17.1 Å². The number of hydrogen-bond donors (Lipinski definition) is 3. The lowest BCUT2D eigenvalue weighted by Gasteiger charge is -2.15. The van der Waals surface area contributed by atoms with Crippen molar-refractivity contribution in [1.29, 1.82) is 0 Å². The third-order valence-corrected chi connectivity index (χ3v) is 6.05. The maximum atomic E-state index is 12.7. The Kier molecular flexibility index (Phi) is 6.98. The Labute approximate surface area is 187 Å². The molecule has 0 aliphatic carbocycles. The van der Waals surface area contributed by atoms with E-state index in [0.29, 0.717) is 33.7 Å². The fourth-order valence-electron chi connectivity index (χ4n) is 2.79. The molecular formula is C22H23N3O4S2. The van der Waals surface area contributed by atoms with Crippen LogP contribution in [-0.4, -0.2) is 27.7 Å². The molecule has 0 fully saturated rings. The van der Waals surface area contributed by atoms with Gasteiger partial charge in [0, 0.05) is 11.8 Å². The molecule has 0 amide bonds. The molecule has 0 aromatic heterocycles. The number of sulfonamides is 1. The van der Waals surface area contributed by atoms with Gasteiger partial charge in [0.1, 0.15) is 11.5 Å². The summed E-state index contributed by atoms with van der Waals surface area (Å²) in [6.45, 7) is 1.84. The first-order valence-electron chi connectivity index (χ1n) is 9.31. The lowest BCUT2D eigenvalue weighted by molar-refractivity contribution is 0.395. The number of aryl methyl sites for hydroxylation is 1. The number of para-hydroxylation sites is 1. The number of thiocarbonyl (C=S) groups is 1. The molecule has 0 aliphatic rings. The largest absolute Gasteiger partial charge is 0.497 e. The van der Waals surface area contributed by atoms with Crippen molar-refractivity contribution in [1.82, 2.24) is 0 Å². The summed E-state index contributed by atoms with van der Waals surface area (Å²) in [6, 6.07) is 18.8. The Bertz CT molecular complexity index is 1180. The number of anilines is 3. The molecule has 7 nitrogen and oxygen atoms in total. The maximum Gasteiger partial charge on any atom is 0.261 e. The lowest BCUT2D eigenvalue weighted by Crippen LogP contribution is -2.19.